The van der Waals surface area contributed by atoms with Crippen molar-refractivity contribution >= 4 is 17.6 Å². The summed E-state index contributed by atoms with van der Waals surface area (Å²) in [7, 11) is 1.58. The highest BCUT2D eigenvalue weighted by Crippen LogP contribution is 2.21. The minimum atomic E-state index is -0.268. The van der Waals surface area contributed by atoms with Crippen molar-refractivity contribution < 1.29 is 14.3 Å². The second kappa shape index (κ2) is 7.08. The molecule has 3 amide bonds. The summed E-state index contributed by atoms with van der Waals surface area (Å²) in [4.78, 5) is 25.4. The van der Waals surface area contributed by atoms with Gasteiger partial charge in [0.2, 0.25) is 5.91 Å². The maximum atomic E-state index is 12.0. The Bertz CT molecular complexity index is 501. The zero-order valence-electron chi connectivity index (χ0n) is 12.4. The SMILES string of the molecule is COCCNC(=O)NC1CC(=O)N(c2ccc(C)cc2)C1. The Balaban J connectivity index is 1.87. The fourth-order valence-corrected chi connectivity index (χ4v) is 2.28. The average molecular weight is 291 g/mol. The fraction of sp³-hybridized carbons (Fsp3) is 0.467. The molecular formula is C15H21N3O3. The van der Waals surface area contributed by atoms with Crippen LogP contribution in [0, 0.1) is 6.92 Å². The van der Waals surface area contributed by atoms with Crippen LogP contribution in [0.5, 0.6) is 0 Å². The molecule has 1 unspecified atom stereocenters. The van der Waals surface area contributed by atoms with Crippen molar-refractivity contribution in [1.82, 2.24) is 10.6 Å². The van der Waals surface area contributed by atoms with Gasteiger partial charge in [0.25, 0.3) is 0 Å². The lowest BCUT2D eigenvalue weighted by molar-refractivity contribution is -0.117. The molecule has 1 aromatic carbocycles. The van der Waals surface area contributed by atoms with Crippen LogP contribution in [0.3, 0.4) is 0 Å². The first-order chi connectivity index (χ1) is 10.1. The second-order valence-electron chi connectivity index (χ2n) is 5.13. The number of aryl methyl sites for hydroxylation is 1. The number of carbonyl (C=O) groups excluding carboxylic acids is 2. The van der Waals surface area contributed by atoms with E-state index >= 15 is 0 Å². The van der Waals surface area contributed by atoms with E-state index in [-0.39, 0.29) is 18.0 Å². The molecule has 6 nitrogen and oxygen atoms in total. The van der Waals surface area contributed by atoms with Gasteiger partial charge in [0.05, 0.1) is 12.6 Å². The topological polar surface area (TPSA) is 70.7 Å². The number of ether oxygens (including phenoxy) is 1. The Hall–Kier alpha value is -2.08. The van der Waals surface area contributed by atoms with Crippen molar-refractivity contribution in [3.8, 4) is 0 Å². The quantitative estimate of drug-likeness (QED) is 0.797. The van der Waals surface area contributed by atoms with E-state index in [0.29, 0.717) is 26.1 Å². The largest absolute Gasteiger partial charge is 0.383 e. The first-order valence-electron chi connectivity index (χ1n) is 7.00. The molecule has 0 radical (unpaired) electrons. The molecule has 1 atom stereocenters. The van der Waals surface area contributed by atoms with Gasteiger partial charge in [-0.2, -0.15) is 0 Å². The van der Waals surface area contributed by atoms with E-state index in [0.717, 1.165) is 11.3 Å². The number of nitrogens with one attached hydrogen (secondary N) is 2. The molecule has 1 heterocycles. The van der Waals surface area contributed by atoms with Crippen molar-refractivity contribution in [1.29, 1.82) is 0 Å². The highest BCUT2D eigenvalue weighted by molar-refractivity contribution is 5.96. The van der Waals surface area contributed by atoms with Crippen LogP contribution in [0.2, 0.25) is 0 Å². The van der Waals surface area contributed by atoms with Gasteiger partial charge in [-0.3, -0.25) is 4.79 Å². The van der Waals surface area contributed by atoms with Gasteiger partial charge in [-0.1, -0.05) is 17.7 Å². The fourth-order valence-electron chi connectivity index (χ4n) is 2.28. The molecule has 6 heteroatoms. The normalized spacial score (nSPS) is 17.9. The van der Waals surface area contributed by atoms with Gasteiger partial charge in [-0.05, 0) is 19.1 Å². The van der Waals surface area contributed by atoms with Crippen molar-refractivity contribution in [3.63, 3.8) is 0 Å². The number of urea groups is 1. The van der Waals surface area contributed by atoms with Crippen LogP contribution in [0.15, 0.2) is 24.3 Å². The maximum absolute atomic E-state index is 12.0. The monoisotopic (exact) mass is 291 g/mol. The molecule has 21 heavy (non-hydrogen) atoms. The molecule has 2 rings (SSSR count). The summed E-state index contributed by atoms with van der Waals surface area (Å²) in [6.07, 6.45) is 0.325. The number of amides is 3. The molecule has 0 aliphatic carbocycles. The zero-order valence-corrected chi connectivity index (χ0v) is 12.4. The van der Waals surface area contributed by atoms with E-state index < -0.39 is 0 Å². The van der Waals surface area contributed by atoms with Gasteiger partial charge in [0.15, 0.2) is 0 Å². The van der Waals surface area contributed by atoms with Crippen molar-refractivity contribution in [2.45, 2.75) is 19.4 Å². The maximum Gasteiger partial charge on any atom is 0.315 e. The molecule has 1 fully saturated rings. The summed E-state index contributed by atoms with van der Waals surface area (Å²) < 4.78 is 4.86. The van der Waals surface area contributed by atoms with Crippen LogP contribution in [0.1, 0.15) is 12.0 Å². The third kappa shape index (κ3) is 4.19. The van der Waals surface area contributed by atoms with Gasteiger partial charge in [0.1, 0.15) is 0 Å². The lowest BCUT2D eigenvalue weighted by Crippen LogP contribution is -2.44. The Kier molecular flexibility index (Phi) is 5.16. The second-order valence-corrected chi connectivity index (χ2v) is 5.13. The van der Waals surface area contributed by atoms with E-state index in [2.05, 4.69) is 10.6 Å². The summed E-state index contributed by atoms with van der Waals surface area (Å²) in [5, 5.41) is 5.49. The Labute approximate surface area is 124 Å². The van der Waals surface area contributed by atoms with Gasteiger partial charge in [0, 0.05) is 32.3 Å². The van der Waals surface area contributed by atoms with E-state index in [1.165, 1.54) is 0 Å². The Morgan fingerprint density at radius 3 is 2.76 bits per heavy atom. The number of rotatable bonds is 5. The Morgan fingerprint density at radius 1 is 1.38 bits per heavy atom. The predicted molar refractivity (Wildman–Crippen MR) is 80.3 cm³/mol. The number of anilines is 1. The molecule has 0 saturated carbocycles. The van der Waals surface area contributed by atoms with Crippen LogP contribution < -0.4 is 15.5 Å². The van der Waals surface area contributed by atoms with Crippen molar-refractivity contribution in [3.05, 3.63) is 29.8 Å². The van der Waals surface area contributed by atoms with Crippen molar-refractivity contribution in [2.75, 3.05) is 31.7 Å². The molecule has 1 aliphatic heterocycles. The van der Waals surface area contributed by atoms with Crippen LogP contribution in [0.25, 0.3) is 0 Å². The van der Waals surface area contributed by atoms with Crippen LogP contribution in [-0.2, 0) is 9.53 Å². The summed E-state index contributed by atoms with van der Waals surface area (Å²) in [6.45, 7) is 3.42. The van der Waals surface area contributed by atoms with Crippen LogP contribution >= 0.6 is 0 Å². The van der Waals surface area contributed by atoms with E-state index in [9.17, 15) is 9.59 Å². The summed E-state index contributed by atoms with van der Waals surface area (Å²) >= 11 is 0. The molecule has 2 N–H and O–H groups in total. The smallest absolute Gasteiger partial charge is 0.315 e. The molecule has 1 aliphatic rings. The molecule has 0 bridgehead atoms. The lowest BCUT2D eigenvalue weighted by atomic mass is 10.2. The number of benzene rings is 1. The molecule has 1 saturated heterocycles. The molecule has 114 valence electrons. The number of carbonyl (C=O) groups is 2. The third-order valence-corrected chi connectivity index (χ3v) is 3.40. The standard InChI is InChI=1S/C15H21N3O3/c1-11-3-5-13(6-4-11)18-10-12(9-14(18)19)17-15(20)16-7-8-21-2/h3-6,12H,7-10H2,1-2H3,(H2,16,17,20). The molecule has 0 aromatic heterocycles. The zero-order chi connectivity index (χ0) is 15.2. The highest BCUT2D eigenvalue weighted by atomic mass is 16.5. The molecule has 0 spiro atoms. The lowest BCUT2D eigenvalue weighted by Gasteiger charge is -2.17. The van der Waals surface area contributed by atoms with Gasteiger partial charge in [-0.25, -0.2) is 4.79 Å². The van der Waals surface area contributed by atoms with Gasteiger partial charge >= 0.3 is 6.03 Å². The number of hydrogen-bond donors (Lipinski definition) is 2. The van der Waals surface area contributed by atoms with Crippen molar-refractivity contribution in [2.24, 2.45) is 0 Å². The number of hydrogen-bond acceptors (Lipinski definition) is 3. The predicted octanol–water partition coefficient (Wildman–Crippen LogP) is 1.05. The van der Waals surface area contributed by atoms with Crippen LogP contribution in [-0.4, -0.2) is 44.8 Å². The number of nitrogens with zero attached hydrogens (tertiary/aromatic N) is 1. The van der Waals surface area contributed by atoms with Crippen LogP contribution in [0.4, 0.5) is 10.5 Å². The summed E-state index contributed by atoms with van der Waals surface area (Å²) in [6, 6.07) is 7.36. The number of methoxy groups -OCH3 is 1. The molecule has 1 aromatic rings. The van der Waals surface area contributed by atoms with E-state index in [1.807, 2.05) is 31.2 Å². The Morgan fingerprint density at radius 2 is 2.10 bits per heavy atom. The molecular weight excluding hydrogens is 270 g/mol. The third-order valence-electron chi connectivity index (χ3n) is 3.40. The first-order valence-corrected chi connectivity index (χ1v) is 7.00. The van der Waals surface area contributed by atoms with E-state index in [1.54, 1.807) is 12.0 Å². The van der Waals surface area contributed by atoms with Gasteiger partial charge in [-0.15, -0.1) is 0 Å². The highest BCUT2D eigenvalue weighted by Gasteiger charge is 2.31. The summed E-state index contributed by atoms with van der Waals surface area (Å²) in [5.74, 6) is 0.0287. The van der Waals surface area contributed by atoms with E-state index in [4.69, 9.17) is 4.74 Å². The minimum Gasteiger partial charge on any atom is -0.383 e. The average Bonchev–Trinajstić information content (AvgIpc) is 2.80. The first kappa shape index (κ1) is 15.3. The summed E-state index contributed by atoms with van der Waals surface area (Å²) in [5.41, 5.74) is 2.02. The minimum absolute atomic E-state index is 0.0287. The van der Waals surface area contributed by atoms with Gasteiger partial charge < -0.3 is 20.3 Å².